The molecule has 3 N–H and O–H groups in total. The second-order valence-electron chi connectivity index (χ2n) is 8.15. The molecule has 4 rings (SSSR count). The van der Waals surface area contributed by atoms with Crippen LogP contribution in [0.5, 0.6) is 0 Å². The summed E-state index contributed by atoms with van der Waals surface area (Å²) in [4.78, 5) is 26.7. The highest BCUT2D eigenvalue weighted by atomic mass is 19.1. The van der Waals surface area contributed by atoms with Gasteiger partial charge in [-0.2, -0.15) is 0 Å². The minimum atomic E-state index is -0.952. The average molecular weight is 415 g/mol. The number of hydrogen-bond donors (Lipinski definition) is 3. The fraction of sp³-hybridized carbons (Fsp3) is 0.429. The Morgan fingerprint density at radius 3 is 2.77 bits per heavy atom. The third kappa shape index (κ3) is 3.96. The van der Waals surface area contributed by atoms with Crippen LogP contribution < -0.4 is 5.32 Å². The van der Waals surface area contributed by atoms with Crippen molar-refractivity contribution in [2.24, 2.45) is 5.41 Å². The van der Waals surface area contributed by atoms with E-state index >= 15 is 0 Å². The minimum Gasteiger partial charge on any atom is -0.481 e. The van der Waals surface area contributed by atoms with Crippen LogP contribution in [0.2, 0.25) is 0 Å². The number of aromatic amines is 1. The number of nitrogens with one attached hydrogen (secondary N) is 2. The quantitative estimate of drug-likeness (QED) is 0.547. The lowest BCUT2D eigenvalue weighted by atomic mass is 9.69. The highest BCUT2D eigenvalue weighted by Gasteiger charge is 2.37. The fourth-order valence-corrected chi connectivity index (χ4v) is 4.28. The van der Waals surface area contributed by atoms with Gasteiger partial charge in [-0.3, -0.25) is 4.79 Å². The molecule has 0 amide bonds. The molecule has 7 nitrogen and oxygen atoms in total. The van der Waals surface area contributed by atoms with Crippen molar-refractivity contribution in [1.29, 1.82) is 0 Å². The SMILES string of the molecule is CC1(C(CC(=O)O)Nc2nc(-c3c[nH]c4ncc(F)cc34)ncc2F)CCCCC1. The number of H-pyrrole nitrogens is 1. The van der Waals surface area contributed by atoms with Crippen LogP contribution in [-0.2, 0) is 4.79 Å². The summed E-state index contributed by atoms with van der Waals surface area (Å²) in [5, 5.41) is 12.9. The molecule has 1 atom stereocenters. The topological polar surface area (TPSA) is 104 Å². The van der Waals surface area contributed by atoms with Crippen LogP contribution in [0.4, 0.5) is 14.6 Å². The van der Waals surface area contributed by atoms with Gasteiger partial charge in [-0.15, -0.1) is 0 Å². The smallest absolute Gasteiger partial charge is 0.305 e. The zero-order chi connectivity index (χ0) is 21.3. The van der Waals surface area contributed by atoms with Gasteiger partial charge in [-0.1, -0.05) is 26.2 Å². The van der Waals surface area contributed by atoms with Crippen molar-refractivity contribution in [3.63, 3.8) is 0 Å². The number of halogens is 2. The summed E-state index contributed by atoms with van der Waals surface area (Å²) < 4.78 is 28.2. The van der Waals surface area contributed by atoms with Crippen molar-refractivity contribution in [1.82, 2.24) is 19.9 Å². The molecule has 0 spiro atoms. The Kier molecular flexibility index (Phi) is 5.36. The van der Waals surface area contributed by atoms with Crippen LogP contribution in [0.3, 0.4) is 0 Å². The maximum Gasteiger partial charge on any atom is 0.305 e. The van der Waals surface area contributed by atoms with Crippen molar-refractivity contribution in [3.05, 3.63) is 36.3 Å². The molecule has 1 aliphatic rings. The third-order valence-corrected chi connectivity index (χ3v) is 6.01. The molecule has 3 heterocycles. The first-order valence-electron chi connectivity index (χ1n) is 9.99. The Bertz CT molecular complexity index is 1080. The number of aliphatic carboxylic acids is 1. The van der Waals surface area contributed by atoms with Gasteiger partial charge in [0.25, 0.3) is 0 Å². The number of anilines is 1. The summed E-state index contributed by atoms with van der Waals surface area (Å²) in [7, 11) is 0. The number of nitrogens with zero attached hydrogens (tertiary/aromatic N) is 3. The van der Waals surface area contributed by atoms with Crippen LogP contribution >= 0.6 is 0 Å². The van der Waals surface area contributed by atoms with Gasteiger partial charge in [0, 0.05) is 23.2 Å². The molecular weight excluding hydrogens is 392 g/mol. The van der Waals surface area contributed by atoms with Crippen molar-refractivity contribution in [3.8, 4) is 11.4 Å². The molecule has 9 heteroatoms. The van der Waals surface area contributed by atoms with Crippen molar-refractivity contribution in [2.45, 2.75) is 51.5 Å². The molecule has 30 heavy (non-hydrogen) atoms. The second kappa shape index (κ2) is 7.97. The van der Waals surface area contributed by atoms with Gasteiger partial charge in [0.15, 0.2) is 17.5 Å². The Morgan fingerprint density at radius 2 is 2.03 bits per heavy atom. The molecule has 1 fully saturated rings. The first kappa shape index (κ1) is 20.2. The Hall–Kier alpha value is -3.10. The Balaban J connectivity index is 1.69. The number of carboxylic acids is 1. The number of carbonyl (C=O) groups is 1. The van der Waals surface area contributed by atoms with Crippen molar-refractivity contribution in [2.75, 3.05) is 5.32 Å². The van der Waals surface area contributed by atoms with Gasteiger partial charge in [0.1, 0.15) is 11.5 Å². The Morgan fingerprint density at radius 1 is 1.27 bits per heavy atom. The van der Waals surface area contributed by atoms with E-state index in [2.05, 4.69) is 25.3 Å². The lowest BCUT2D eigenvalue weighted by molar-refractivity contribution is -0.138. The van der Waals surface area contributed by atoms with Crippen LogP contribution in [0.25, 0.3) is 22.4 Å². The third-order valence-electron chi connectivity index (χ3n) is 6.01. The predicted octanol–water partition coefficient (Wildman–Crippen LogP) is 4.52. The van der Waals surface area contributed by atoms with Crippen LogP contribution in [0, 0.1) is 17.0 Å². The van der Waals surface area contributed by atoms with Gasteiger partial charge in [-0.05, 0) is 24.3 Å². The second-order valence-corrected chi connectivity index (χ2v) is 8.15. The van der Waals surface area contributed by atoms with Gasteiger partial charge in [-0.25, -0.2) is 23.7 Å². The normalized spacial score (nSPS) is 17.0. The monoisotopic (exact) mass is 415 g/mol. The summed E-state index contributed by atoms with van der Waals surface area (Å²) in [5.41, 5.74) is 0.674. The van der Waals surface area contributed by atoms with Crippen LogP contribution in [0.1, 0.15) is 45.4 Å². The van der Waals surface area contributed by atoms with E-state index in [0.717, 1.165) is 44.5 Å². The van der Waals surface area contributed by atoms with Gasteiger partial charge in [0.05, 0.1) is 18.8 Å². The number of carboxylic acid groups (broad SMARTS) is 1. The van der Waals surface area contributed by atoms with E-state index in [0.29, 0.717) is 16.6 Å². The standard InChI is InChI=1S/C21H23F2N5O2/c1-21(5-3-2-4-6-21)16(8-17(29)30)27-20-15(23)11-26-19(28-20)14-10-25-18-13(14)7-12(22)9-24-18/h7,9-11,16H,2-6,8H2,1H3,(H,24,25)(H,29,30)(H,26,27,28). The van der Waals surface area contributed by atoms with E-state index in [9.17, 15) is 18.7 Å². The minimum absolute atomic E-state index is 0.0586. The van der Waals surface area contributed by atoms with E-state index in [1.807, 2.05) is 6.92 Å². The van der Waals surface area contributed by atoms with Crippen molar-refractivity contribution >= 4 is 22.8 Å². The maximum atomic E-state index is 14.6. The first-order chi connectivity index (χ1) is 14.4. The lowest BCUT2D eigenvalue weighted by Gasteiger charge is -2.40. The maximum absolute atomic E-state index is 14.6. The molecule has 0 aliphatic heterocycles. The summed E-state index contributed by atoms with van der Waals surface area (Å²) in [5.74, 6) is -1.99. The van der Waals surface area contributed by atoms with E-state index in [-0.39, 0.29) is 23.5 Å². The zero-order valence-corrected chi connectivity index (χ0v) is 16.6. The van der Waals surface area contributed by atoms with Crippen LogP contribution in [0.15, 0.2) is 24.7 Å². The zero-order valence-electron chi connectivity index (χ0n) is 16.6. The summed E-state index contributed by atoms with van der Waals surface area (Å²) in [6.07, 6.45) is 8.46. The van der Waals surface area contributed by atoms with E-state index in [4.69, 9.17) is 0 Å². The van der Waals surface area contributed by atoms with Gasteiger partial charge in [0.2, 0.25) is 0 Å². The molecule has 0 aromatic carbocycles. The van der Waals surface area contributed by atoms with E-state index in [1.165, 1.54) is 6.07 Å². The first-order valence-corrected chi connectivity index (χ1v) is 9.99. The fourth-order valence-electron chi connectivity index (χ4n) is 4.28. The largest absolute Gasteiger partial charge is 0.481 e. The predicted molar refractivity (Wildman–Crippen MR) is 108 cm³/mol. The molecule has 0 saturated heterocycles. The number of pyridine rings is 1. The molecule has 0 radical (unpaired) electrons. The highest BCUT2D eigenvalue weighted by Crippen LogP contribution is 2.41. The van der Waals surface area contributed by atoms with Crippen LogP contribution in [-0.4, -0.2) is 37.1 Å². The average Bonchev–Trinajstić information content (AvgIpc) is 3.12. The number of rotatable bonds is 6. The van der Waals surface area contributed by atoms with E-state index < -0.39 is 23.6 Å². The number of fused-ring (bicyclic) bond motifs is 1. The molecule has 1 aliphatic carbocycles. The van der Waals surface area contributed by atoms with Gasteiger partial charge >= 0.3 is 5.97 Å². The molecule has 3 aromatic heterocycles. The molecule has 3 aromatic rings. The van der Waals surface area contributed by atoms with E-state index in [1.54, 1.807) is 6.20 Å². The number of aromatic nitrogens is 4. The summed E-state index contributed by atoms with van der Waals surface area (Å²) in [6.45, 7) is 2.04. The molecule has 158 valence electrons. The van der Waals surface area contributed by atoms with Gasteiger partial charge < -0.3 is 15.4 Å². The summed E-state index contributed by atoms with van der Waals surface area (Å²) >= 11 is 0. The van der Waals surface area contributed by atoms with Crippen molar-refractivity contribution < 1.29 is 18.7 Å². The highest BCUT2D eigenvalue weighted by molar-refractivity contribution is 5.91. The number of hydrogen-bond acceptors (Lipinski definition) is 5. The lowest BCUT2D eigenvalue weighted by Crippen LogP contribution is -2.42. The Labute approximate surface area is 172 Å². The molecular formula is C21H23F2N5O2. The molecule has 1 saturated carbocycles. The molecule has 1 unspecified atom stereocenters. The summed E-state index contributed by atoms with van der Waals surface area (Å²) in [6, 6.07) is 0.833. The molecule has 0 bridgehead atoms.